The number of sulfonamides is 1. The van der Waals surface area contributed by atoms with Gasteiger partial charge in [-0.2, -0.15) is 4.31 Å². The van der Waals surface area contributed by atoms with Crippen molar-refractivity contribution in [2.24, 2.45) is 5.92 Å². The zero-order valence-electron chi connectivity index (χ0n) is 11.6. The molecule has 0 saturated carbocycles. The number of nitrogen functional groups attached to an aromatic ring is 1. The van der Waals surface area contributed by atoms with Crippen molar-refractivity contribution in [3.63, 3.8) is 0 Å². The molecule has 1 heterocycles. The average molecular weight is 300 g/mol. The number of piperidine rings is 1. The van der Waals surface area contributed by atoms with Crippen LogP contribution < -0.4 is 10.5 Å². The fourth-order valence-electron chi connectivity index (χ4n) is 2.27. The van der Waals surface area contributed by atoms with E-state index in [1.807, 2.05) is 6.92 Å². The van der Waals surface area contributed by atoms with Gasteiger partial charge in [0.2, 0.25) is 10.0 Å². The number of benzene rings is 1. The maximum absolute atomic E-state index is 12.6. The lowest BCUT2D eigenvalue weighted by Gasteiger charge is -2.33. The monoisotopic (exact) mass is 300 g/mol. The van der Waals surface area contributed by atoms with E-state index in [0.717, 1.165) is 0 Å². The largest absolute Gasteiger partial charge is 0.495 e. The van der Waals surface area contributed by atoms with Gasteiger partial charge in [-0.1, -0.05) is 6.92 Å². The van der Waals surface area contributed by atoms with Crippen LogP contribution in [0.25, 0.3) is 0 Å². The van der Waals surface area contributed by atoms with Crippen molar-refractivity contribution >= 4 is 15.7 Å². The van der Waals surface area contributed by atoms with Crippen molar-refractivity contribution in [1.82, 2.24) is 4.31 Å². The SMILES string of the molecule is COc1cc(N)ccc1S(=O)(=O)N1CCC(C)C(O)C1. The number of ether oxygens (including phenoxy) is 1. The molecular formula is C13H20N2O4S. The van der Waals surface area contributed by atoms with E-state index in [9.17, 15) is 13.5 Å². The number of nitrogens with two attached hydrogens (primary N) is 1. The topological polar surface area (TPSA) is 92.9 Å². The van der Waals surface area contributed by atoms with E-state index in [0.29, 0.717) is 18.7 Å². The van der Waals surface area contributed by atoms with Crippen LogP contribution >= 0.6 is 0 Å². The Kier molecular flexibility index (Phi) is 4.22. The fourth-order valence-corrected chi connectivity index (χ4v) is 3.88. The summed E-state index contributed by atoms with van der Waals surface area (Å²) in [4.78, 5) is 0.0796. The second-order valence-electron chi connectivity index (χ2n) is 5.11. The predicted octanol–water partition coefficient (Wildman–Crippen LogP) is 0.669. The van der Waals surface area contributed by atoms with Crippen molar-refractivity contribution in [3.8, 4) is 5.75 Å². The van der Waals surface area contributed by atoms with E-state index >= 15 is 0 Å². The van der Waals surface area contributed by atoms with Gasteiger partial charge >= 0.3 is 0 Å². The number of aliphatic hydroxyl groups is 1. The lowest BCUT2D eigenvalue weighted by molar-refractivity contribution is 0.0604. The average Bonchev–Trinajstić information content (AvgIpc) is 2.41. The van der Waals surface area contributed by atoms with Gasteiger partial charge < -0.3 is 15.6 Å². The van der Waals surface area contributed by atoms with Crippen molar-refractivity contribution in [1.29, 1.82) is 0 Å². The molecule has 1 saturated heterocycles. The molecule has 1 aliphatic rings. The van der Waals surface area contributed by atoms with Gasteiger partial charge in [0.1, 0.15) is 10.6 Å². The standard InChI is InChI=1S/C13H20N2O4S/c1-9-5-6-15(8-11(9)16)20(17,18)13-4-3-10(14)7-12(13)19-2/h3-4,7,9,11,16H,5-6,8,14H2,1-2H3. The molecule has 20 heavy (non-hydrogen) atoms. The van der Waals surface area contributed by atoms with Gasteiger partial charge in [-0.25, -0.2) is 8.42 Å². The van der Waals surface area contributed by atoms with Crippen LogP contribution in [-0.2, 0) is 10.0 Å². The van der Waals surface area contributed by atoms with Gasteiger partial charge in [-0.3, -0.25) is 0 Å². The summed E-state index contributed by atoms with van der Waals surface area (Å²) < 4.78 is 31.6. The molecule has 0 aromatic heterocycles. The molecule has 7 heteroatoms. The molecule has 2 rings (SSSR count). The maximum atomic E-state index is 12.6. The summed E-state index contributed by atoms with van der Waals surface area (Å²) in [7, 11) is -2.28. The Morgan fingerprint density at radius 2 is 2.15 bits per heavy atom. The van der Waals surface area contributed by atoms with E-state index in [1.165, 1.54) is 29.6 Å². The van der Waals surface area contributed by atoms with Gasteiger partial charge in [0.15, 0.2) is 0 Å². The van der Waals surface area contributed by atoms with Crippen LogP contribution in [0.3, 0.4) is 0 Å². The first-order valence-electron chi connectivity index (χ1n) is 6.48. The second-order valence-corrected chi connectivity index (χ2v) is 7.01. The number of methoxy groups -OCH3 is 1. The lowest BCUT2D eigenvalue weighted by Crippen LogP contribution is -2.45. The Balaban J connectivity index is 2.36. The molecule has 0 aliphatic carbocycles. The third-order valence-corrected chi connectivity index (χ3v) is 5.59. The fraction of sp³-hybridized carbons (Fsp3) is 0.538. The van der Waals surface area contributed by atoms with Crippen LogP contribution in [0.5, 0.6) is 5.75 Å². The normalized spacial score (nSPS) is 24.6. The molecular weight excluding hydrogens is 280 g/mol. The predicted molar refractivity (Wildman–Crippen MR) is 76.0 cm³/mol. The van der Waals surface area contributed by atoms with Crippen LogP contribution in [0.15, 0.2) is 23.1 Å². The third kappa shape index (κ3) is 2.74. The van der Waals surface area contributed by atoms with Crippen molar-refractivity contribution in [2.75, 3.05) is 25.9 Å². The summed E-state index contributed by atoms with van der Waals surface area (Å²) in [6, 6.07) is 4.45. The summed E-state index contributed by atoms with van der Waals surface area (Å²) >= 11 is 0. The van der Waals surface area contributed by atoms with Gasteiger partial charge in [0.25, 0.3) is 0 Å². The summed E-state index contributed by atoms with van der Waals surface area (Å²) in [5.74, 6) is 0.327. The minimum Gasteiger partial charge on any atom is -0.495 e. The number of anilines is 1. The molecule has 0 bridgehead atoms. The number of hydrogen-bond donors (Lipinski definition) is 2. The van der Waals surface area contributed by atoms with Gasteiger partial charge in [-0.05, 0) is 24.5 Å². The minimum atomic E-state index is -3.69. The Labute approximate surface area is 119 Å². The highest BCUT2D eigenvalue weighted by molar-refractivity contribution is 7.89. The first-order valence-corrected chi connectivity index (χ1v) is 7.92. The highest BCUT2D eigenvalue weighted by atomic mass is 32.2. The van der Waals surface area contributed by atoms with E-state index in [-0.39, 0.29) is 23.1 Å². The van der Waals surface area contributed by atoms with Gasteiger partial charge in [-0.15, -0.1) is 0 Å². The summed E-state index contributed by atoms with van der Waals surface area (Å²) in [5, 5.41) is 9.87. The number of aliphatic hydroxyl groups excluding tert-OH is 1. The van der Waals surface area contributed by atoms with E-state index in [1.54, 1.807) is 0 Å². The first-order chi connectivity index (χ1) is 9.36. The third-order valence-electron chi connectivity index (χ3n) is 3.69. The summed E-state index contributed by atoms with van der Waals surface area (Å²) in [5.41, 5.74) is 6.07. The second kappa shape index (κ2) is 5.59. The molecule has 112 valence electrons. The number of hydrogen-bond acceptors (Lipinski definition) is 5. The minimum absolute atomic E-state index is 0.0796. The Bertz CT molecular complexity index is 588. The molecule has 3 N–H and O–H groups in total. The van der Waals surface area contributed by atoms with Crippen molar-refractivity contribution in [2.45, 2.75) is 24.3 Å². The zero-order chi connectivity index (χ0) is 14.9. The van der Waals surface area contributed by atoms with Crippen molar-refractivity contribution < 1.29 is 18.3 Å². The molecule has 0 amide bonds. The smallest absolute Gasteiger partial charge is 0.246 e. The molecule has 1 aromatic rings. The Morgan fingerprint density at radius 3 is 2.75 bits per heavy atom. The molecule has 0 spiro atoms. The zero-order valence-corrected chi connectivity index (χ0v) is 12.4. The molecule has 1 fully saturated rings. The van der Waals surface area contributed by atoms with Gasteiger partial charge in [0.05, 0.1) is 13.2 Å². The summed E-state index contributed by atoms with van der Waals surface area (Å²) in [6.45, 7) is 2.42. The van der Waals surface area contributed by atoms with E-state index in [4.69, 9.17) is 10.5 Å². The molecule has 2 atom stereocenters. The van der Waals surface area contributed by atoms with E-state index < -0.39 is 16.1 Å². The highest BCUT2D eigenvalue weighted by Gasteiger charge is 2.34. The molecule has 0 radical (unpaired) electrons. The molecule has 6 nitrogen and oxygen atoms in total. The van der Waals surface area contributed by atoms with Crippen molar-refractivity contribution in [3.05, 3.63) is 18.2 Å². The molecule has 1 aliphatic heterocycles. The van der Waals surface area contributed by atoms with Crippen LogP contribution in [0.2, 0.25) is 0 Å². The first kappa shape index (κ1) is 15.1. The Morgan fingerprint density at radius 1 is 1.45 bits per heavy atom. The quantitative estimate of drug-likeness (QED) is 0.800. The van der Waals surface area contributed by atoms with Crippen LogP contribution in [0, 0.1) is 5.92 Å². The lowest BCUT2D eigenvalue weighted by atomic mass is 9.98. The van der Waals surface area contributed by atoms with Crippen LogP contribution in [0.4, 0.5) is 5.69 Å². The highest BCUT2D eigenvalue weighted by Crippen LogP contribution is 2.31. The summed E-state index contributed by atoms with van der Waals surface area (Å²) in [6.07, 6.45) is -0.00387. The Hall–Kier alpha value is -1.31. The maximum Gasteiger partial charge on any atom is 0.246 e. The van der Waals surface area contributed by atoms with Gasteiger partial charge in [0, 0.05) is 24.8 Å². The molecule has 2 unspecified atom stereocenters. The molecule has 1 aromatic carbocycles. The van der Waals surface area contributed by atoms with E-state index in [2.05, 4.69) is 0 Å². The van der Waals surface area contributed by atoms with Crippen LogP contribution in [0.1, 0.15) is 13.3 Å². The number of β-amino-alcohol motifs (C(OH)–C–C–N with tert-alkyl or cyclic N) is 1. The van der Waals surface area contributed by atoms with Crippen LogP contribution in [-0.4, -0.2) is 44.1 Å². The number of nitrogens with zero attached hydrogens (tertiary/aromatic N) is 1. The number of rotatable bonds is 3.